The Kier molecular flexibility index (Phi) is 4.42. The van der Waals surface area contributed by atoms with Gasteiger partial charge < -0.3 is 9.80 Å². The van der Waals surface area contributed by atoms with E-state index in [0.717, 1.165) is 25.2 Å². The predicted molar refractivity (Wildman–Crippen MR) is 90.0 cm³/mol. The van der Waals surface area contributed by atoms with Gasteiger partial charge in [0, 0.05) is 31.4 Å². The molecule has 0 bridgehead atoms. The average Bonchev–Trinajstić information content (AvgIpc) is 2.56. The monoisotopic (exact) mass is 294 g/mol. The molecule has 114 valence electrons. The Bertz CT molecular complexity index is 612. The summed E-state index contributed by atoms with van der Waals surface area (Å²) in [6.45, 7) is 4.67. The molecular formula is C19H22N2O. The van der Waals surface area contributed by atoms with E-state index < -0.39 is 0 Å². The summed E-state index contributed by atoms with van der Waals surface area (Å²) in [5.74, 6) is 0.228. The molecule has 3 heteroatoms. The molecule has 1 unspecified atom stereocenters. The quantitative estimate of drug-likeness (QED) is 0.869. The van der Waals surface area contributed by atoms with Crippen LogP contribution in [0.2, 0.25) is 0 Å². The minimum absolute atomic E-state index is 0.228. The van der Waals surface area contributed by atoms with Crippen molar-refractivity contribution in [1.82, 2.24) is 4.90 Å². The van der Waals surface area contributed by atoms with Crippen molar-refractivity contribution in [1.29, 1.82) is 0 Å². The molecule has 0 N–H and O–H groups in total. The van der Waals surface area contributed by atoms with E-state index >= 15 is 0 Å². The zero-order chi connectivity index (χ0) is 15.4. The van der Waals surface area contributed by atoms with Crippen LogP contribution in [0, 0.1) is 0 Å². The van der Waals surface area contributed by atoms with Gasteiger partial charge in [-0.3, -0.25) is 4.79 Å². The number of rotatable bonds is 3. The van der Waals surface area contributed by atoms with Crippen LogP contribution in [0.15, 0.2) is 60.7 Å². The van der Waals surface area contributed by atoms with Crippen molar-refractivity contribution in [3.8, 4) is 0 Å². The molecule has 1 heterocycles. The van der Waals surface area contributed by atoms with Gasteiger partial charge in [-0.2, -0.15) is 0 Å². The molecule has 2 aromatic carbocycles. The van der Waals surface area contributed by atoms with Gasteiger partial charge in [-0.05, 0) is 24.6 Å². The van der Waals surface area contributed by atoms with Gasteiger partial charge >= 0.3 is 0 Å². The fraction of sp³-hybridized carbons (Fsp3) is 0.316. The summed E-state index contributed by atoms with van der Waals surface area (Å²) in [5.41, 5.74) is 2.33. The predicted octanol–water partition coefficient (Wildman–Crippen LogP) is 2.97. The van der Waals surface area contributed by atoms with Crippen LogP contribution in [-0.2, 0) is 11.2 Å². The maximum Gasteiger partial charge on any atom is 0.227 e. The van der Waals surface area contributed by atoms with Crippen molar-refractivity contribution >= 4 is 11.6 Å². The van der Waals surface area contributed by atoms with E-state index in [9.17, 15) is 4.79 Å². The van der Waals surface area contributed by atoms with Gasteiger partial charge in [0.15, 0.2) is 0 Å². The van der Waals surface area contributed by atoms with Gasteiger partial charge in [0.05, 0.1) is 6.42 Å². The smallest absolute Gasteiger partial charge is 0.227 e. The number of anilines is 1. The second-order valence-corrected chi connectivity index (χ2v) is 5.88. The highest BCUT2D eigenvalue weighted by Crippen LogP contribution is 2.20. The number of para-hydroxylation sites is 1. The van der Waals surface area contributed by atoms with Crippen LogP contribution in [0.5, 0.6) is 0 Å². The van der Waals surface area contributed by atoms with Crippen LogP contribution in [-0.4, -0.2) is 36.5 Å². The van der Waals surface area contributed by atoms with Crippen molar-refractivity contribution in [2.75, 3.05) is 24.5 Å². The first kappa shape index (κ1) is 14.6. The maximum absolute atomic E-state index is 12.5. The summed E-state index contributed by atoms with van der Waals surface area (Å²) in [6.07, 6.45) is 0.499. The Morgan fingerprint density at radius 2 is 1.64 bits per heavy atom. The van der Waals surface area contributed by atoms with Crippen molar-refractivity contribution in [3.63, 3.8) is 0 Å². The number of amides is 1. The fourth-order valence-corrected chi connectivity index (χ4v) is 3.07. The first-order chi connectivity index (χ1) is 10.7. The summed E-state index contributed by atoms with van der Waals surface area (Å²) in [5, 5.41) is 0. The fourth-order valence-electron chi connectivity index (χ4n) is 3.07. The number of benzene rings is 2. The average molecular weight is 294 g/mol. The van der Waals surface area contributed by atoms with Gasteiger partial charge in [0.2, 0.25) is 5.91 Å². The first-order valence-corrected chi connectivity index (χ1v) is 7.87. The third-order valence-electron chi connectivity index (χ3n) is 4.27. The molecule has 3 nitrogen and oxygen atoms in total. The number of nitrogens with zero attached hydrogens (tertiary/aromatic N) is 2. The first-order valence-electron chi connectivity index (χ1n) is 7.87. The highest BCUT2D eigenvalue weighted by Gasteiger charge is 2.26. The lowest BCUT2D eigenvalue weighted by Crippen LogP contribution is -2.54. The summed E-state index contributed by atoms with van der Waals surface area (Å²) >= 11 is 0. The molecule has 3 rings (SSSR count). The van der Waals surface area contributed by atoms with Crippen LogP contribution >= 0.6 is 0 Å². The molecule has 1 aliphatic rings. The number of hydrogen-bond donors (Lipinski definition) is 0. The molecule has 0 spiro atoms. The third-order valence-corrected chi connectivity index (χ3v) is 4.27. The lowest BCUT2D eigenvalue weighted by Gasteiger charge is -2.41. The van der Waals surface area contributed by atoms with E-state index in [1.165, 1.54) is 5.69 Å². The van der Waals surface area contributed by atoms with Gasteiger partial charge in [0.25, 0.3) is 0 Å². The van der Waals surface area contributed by atoms with Crippen LogP contribution in [0.1, 0.15) is 12.5 Å². The molecule has 1 fully saturated rings. The molecule has 2 aromatic rings. The van der Waals surface area contributed by atoms with E-state index in [1.54, 1.807) is 0 Å². The van der Waals surface area contributed by atoms with E-state index in [2.05, 4.69) is 36.1 Å². The topological polar surface area (TPSA) is 23.6 Å². The molecule has 0 aromatic heterocycles. The van der Waals surface area contributed by atoms with Gasteiger partial charge in [-0.15, -0.1) is 0 Å². The molecule has 1 amide bonds. The molecular weight excluding hydrogens is 272 g/mol. The number of carbonyl (C=O) groups excluding carboxylic acids is 1. The minimum Gasteiger partial charge on any atom is -0.365 e. The summed E-state index contributed by atoms with van der Waals surface area (Å²) in [4.78, 5) is 16.8. The second-order valence-electron chi connectivity index (χ2n) is 5.88. The lowest BCUT2D eigenvalue weighted by atomic mass is 10.1. The molecule has 0 aliphatic carbocycles. The molecule has 1 atom stereocenters. The summed E-state index contributed by atoms with van der Waals surface area (Å²) in [7, 11) is 0. The molecule has 22 heavy (non-hydrogen) atoms. The Labute approximate surface area is 132 Å². The third kappa shape index (κ3) is 3.30. The highest BCUT2D eigenvalue weighted by atomic mass is 16.2. The summed E-state index contributed by atoms with van der Waals surface area (Å²) < 4.78 is 0. The van der Waals surface area contributed by atoms with Gasteiger partial charge in [0.1, 0.15) is 0 Å². The Morgan fingerprint density at radius 3 is 2.27 bits per heavy atom. The lowest BCUT2D eigenvalue weighted by molar-refractivity contribution is -0.131. The van der Waals surface area contributed by atoms with Crippen molar-refractivity contribution in [2.45, 2.75) is 19.4 Å². The Balaban J connectivity index is 1.61. The van der Waals surface area contributed by atoms with E-state index in [1.807, 2.05) is 41.3 Å². The largest absolute Gasteiger partial charge is 0.365 e. The molecule has 1 aliphatic heterocycles. The van der Waals surface area contributed by atoms with Crippen LogP contribution < -0.4 is 4.90 Å². The van der Waals surface area contributed by atoms with Crippen molar-refractivity contribution in [3.05, 3.63) is 66.2 Å². The number of hydrogen-bond acceptors (Lipinski definition) is 2. The highest BCUT2D eigenvalue weighted by molar-refractivity contribution is 5.79. The van der Waals surface area contributed by atoms with Crippen molar-refractivity contribution < 1.29 is 4.79 Å². The minimum atomic E-state index is 0.228. The zero-order valence-corrected chi connectivity index (χ0v) is 13.0. The van der Waals surface area contributed by atoms with Crippen LogP contribution in [0.3, 0.4) is 0 Å². The van der Waals surface area contributed by atoms with Crippen LogP contribution in [0.25, 0.3) is 0 Å². The molecule has 0 saturated carbocycles. The van der Waals surface area contributed by atoms with E-state index in [0.29, 0.717) is 12.5 Å². The van der Waals surface area contributed by atoms with Gasteiger partial charge in [-0.25, -0.2) is 0 Å². The number of carbonyl (C=O) groups is 1. The van der Waals surface area contributed by atoms with Gasteiger partial charge in [-0.1, -0.05) is 48.5 Å². The second kappa shape index (κ2) is 6.65. The standard InChI is InChI=1S/C19H22N2O/c1-16-15-20(19(22)14-17-8-4-2-5-9-17)12-13-21(16)18-10-6-3-7-11-18/h2-11,16H,12-15H2,1H3. The Hall–Kier alpha value is -2.29. The van der Waals surface area contributed by atoms with Crippen LogP contribution in [0.4, 0.5) is 5.69 Å². The van der Waals surface area contributed by atoms with E-state index in [-0.39, 0.29) is 5.91 Å². The molecule has 1 saturated heterocycles. The molecule has 0 radical (unpaired) electrons. The Morgan fingerprint density at radius 1 is 1.00 bits per heavy atom. The maximum atomic E-state index is 12.5. The number of piperazine rings is 1. The van der Waals surface area contributed by atoms with E-state index in [4.69, 9.17) is 0 Å². The SMILES string of the molecule is CC1CN(C(=O)Cc2ccccc2)CCN1c1ccccc1. The summed E-state index contributed by atoms with van der Waals surface area (Å²) in [6, 6.07) is 20.8. The normalized spacial score (nSPS) is 18.3. The van der Waals surface area contributed by atoms with Crippen molar-refractivity contribution in [2.24, 2.45) is 0 Å². The zero-order valence-electron chi connectivity index (χ0n) is 13.0.